The van der Waals surface area contributed by atoms with Crippen molar-refractivity contribution in [2.75, 3.05) is 23.3 Å². The lowest BCUT2D eigenvalue weighted by atomic mass is 10.1. The molecule has 156 valence electrons. The third-order valence-corrected chi connectivity index (χ3v) is 5.49. The van der Waals surface area contributed by atoms with Gasteiger partial charge in [-0.2, -0.15) is 10.5 Å². The van der Waals surface area contributed by atoms with Gasteiger partial charge < -0.3 is 10.2 Å². The average Bonchev–Trinajstić information content (AvgIpc) is 3.28. The Morgan fingerprint density at radius 3 is 2.66 bits per heavy atom. The molecule has 0 bridgehead atoms. The van der Waals surface area contributed by atoms with Gasteiger partial charge in [0.15, 0.2) is 5.82 Å². The Hall–Kier alpha value is -4.50. The lowest BCUT2D eigenvalue weighted by molar-refractivity contribution is 0.525. The second-order valence-corrected chi connectivity index (χ2v) is 7.61. The van der Waals surface area contributed by atoms with Crippen molar-refractivity contribution in [3.05, 3.63) is 66.2 Å². The van der Waals surface area contributed by atoms with Crippen LogP contribution in [0.3, 0.4) is 0 Å². The maximum absolute atomic E-state index is 9.20. The normalized spacial score (nSPS) is 15.8. The first kappa shape index (κ1) is 19.5. The molecule has 0 radical (unpaired) electrons. The van der Waals surface area contributed by atoms with E-state index in [1.807, 2.05) is 16.5 Å². The fraction of sp³-hybridized carbons (Fsp3) is 0.217. The van der Waals surface area contributed by atoms with Crippen LogP contribution in [0.5, 0.6) is 0 Å². The van der Waals surface area contributed by atoms with Gasteiger partial charge in [-0.05, 0) is 43.2 Å². The predicted octanol–water partition coefficient (Wildman–Crippen LogP) is 3.01. The van der Waals surface area contributed by atoms with Gasteiger partial charge in [0.2, 0.25) is 0 Å². The lowest BCUT2D eigenvalue weighted by Gasteiger charge is -2.34. The number of rotatable bonds is 4. The molecule has 0 aromatic carbocycles. The van der Waals surface area contributed by atoms with Crippen LogP contribution in [0.25, 0.3) is 17.2 Å². The van der Waals surface area contributed by atoms with Crippen molar-refractivity contribution in [2.24, 2.45) is 0 Å². The van der Waals surface area contributed by atoms with Crippen molar-refractivity contribution in [3.8, 4) is 23.7 Å². The molecule has 0 unspecified atom stereocenters. The van der Waals surface area contributed by atoms with E-state index in [9.17, 15) is 5.26 Å². The summed E-state index contributed by atoms with van der Waals surface area (Å²) in [5, 5.41) is 21.7. The number of hydrogen-bond donors (Lipinski definition) is 1. The summed E-state index contributed by atoms with van der Waals surface area (Å²) in [5.74, 6) is 2.15. The lowest BCUT2D eigenvalue weighted by Crippen LogP contribution is -2.42. The molecule has 9 nitrogen and oxygen atoms in total. The molecule has 1 atom stereocenters. The molecule has 0 aliphatic carbocycles. The highest BCUT2D eigenvalue weighted by atomic mass is 15.2. The van der Waals surface area contributed by atoms with Crippen molar-refractivity contribution >= 4 is 17.3 Å². The van der Waals surface area contributed by atoms with Crippen molar-refractivity contribution < 1.29 is 0 Å². The first-order valence-electron chi connectivity index (χ1n) is 10.3. The summed E-state index contributed by atoms with van der Waals surface area (Å²) in [5.41, 5.74) is 2.57. The fourth-order valence-electron chi connectivity index (χ4n) is 3.93. The van der Waals surface area contributed by atoms with Crippen LogP contribution in [0.2, 0.25) is 0 Å². The van der Waals surface area contributed by atoms with Gasteiger partial charge >= 0.3 is 0 Å². The van der Waals surface area contributed by atoms with E-state index in [-0.39, 0.29) is 6.04 Å². The minimum Gasteiger partial charge on any atom is -0.365 e. The average molecular weight is 421 g/mol. The summed E-state index contributed by atoms with van der Waals surface area (Å²) in [7, 11) is 0. The number of nitriles is 2. The molecule has 0 saturated carbocycles. The molecule has 5 rings (SSSR count). The van der Waals surface area contributed by atoms with E-state index >= 15 is 0 Å². The Kier molecular flexibility index (Phi) is 5.06. The molecule has 5 heterocycles. The van der Waals surface area contributed by atoms with E-state index in [0.29, 0.717) is 17.0 Å². The highest BCUT2D eigenvalue weighted by Gasteiger charge is 2.21. The van der Waals surface area contributed by atoms with Crippen molar-refractivity contribution in [1.82, 2.24) is 24.3 Å². The van der Waals surface area contributed by atoms with Crippen molar-refractivity contribution in [1.29, 1.82) is 10.5 Å². The molecule has 1 saturated heterocycles. The Labute approximate surface area is 184 Å². The van der Waals surface area contributed by atoms with E-state index < -0.39 is 0 Å². The quantitative estimate of drug-likeness (QED) is 0.534. The third-order valence-electron chi connectivity index (χ3n) is 5.49. The molecule has 1 aliphatic rings. The molecule has 32 heavy (non-hydrogen) atoms. The Balaban J connectivity index is 1.35. The number of pyridine rings is 2. The van der Waals surface area contributed by atoms with Crippen molar-refractivity contribution in [3.63, 3.8) is 0 Å². The molecular formula is C23H19N9. The van der Waals surface area contributed by atoms with Crippen LogP contribution in [0.15, 0.2) is 55.1 Å². The number of nitrogens with zero attached hydrogens (tertiary/aromatic N) is 8. The van der Waals surface area contributed by atoms with E-state index in [1.54, 1.807) is 43.0 Å². The fourth-order valence-corrected chi connectivity index (χ4v) is 3.93. The van der Waals surface area contributed by atoms with Gasteiger partial charge in [0.05, 0.1) is 17.3 Å². The summed E-state index contributed by atoms with van der Waals surface area (Å²) in [6.07, 6.45) is 8.84. The number of fused-ring (bicyclic) bond motifs is 1. The SMILES string of the molecule is N#Cc1ccc(N2CCC[C@@H](Nc3ccnc(-c4cnc5ccc(C#N)cn45)n3)C2)nc1. The van der Waals surface area contributed by atoms with Crippen LogP contribution in [0, 0.1) is 22.7 Å². The molecule has 1 fully saturated rings. The molecule has 9 heteroatoms. The first-order valence-corrected chi connectivity index (χ1v) is 10.3. The van der Waals surface area contributed by atoms with Crippen LogP contribution >= 0.6 is 0 Å². The third kappa shape index (κ3) is 3.80. The monoisotopic (exact) mass is 421 g/mol. The Morgan fingerprint density at radius 2 is 1.84 bits per heavy atom. The number of piperidine rings is 1. The molecule has 1 aliphatic heterocycles. The highest BCUT2D eigenvalue weighted by molar-refractivity contribution is 5.59. The maximum Gasteiger partial charge on any atom is 0.180 e. The van der Waals surface area contributed by atoms with Crippen LogP contribution in [-0.4, -0.2) is 43.5 Å². The van der Waals surface area contributed by atoms with Crippen LogP contribution < -0.4 is 10.2 Å². The second kappa shape index (κ2) is 8.32. The molecule has 1 N–H and O–H groups in total. The first-order chi connectivity index (χ1) is 15.7. The number of aromatic nitrogens is 5. The number of nitrogens with one attached hydrogen (secondary N) is 1. The largest absolute Gasteiger partial charge is 0.365 e. The van der Waals surface area contributed by atoms with Gasteiger partial charge in [-0.3, -0.25) is 4.40 Å². The topological polar surface area (TPSA) is 119 Å². The number of imidazole rings is 1. The smallest absolute Gasteiger partial charge is 0.180 e. The standard InChI is InChI=1S/C23H19N9/c24-10-16-3-5-21(27-12-16)31-9-1-2-18(15-31)29-20-7-8-26-23(30-20)19-13-28-22-6-4-17(11-25)14-32(19)22/h3-8,12-14,18H,1-2,9,15H2,(H,26,29,30)/t18-/m1/s1. The molecular weight excluding hydrogens is 402 g/mol. The van der Waals surface area contributed by atoms with Gasteiger partial charge in [-0.15, -0.1) is 0 Å². The van der Waals surface area contributed by atoms with E-state index in [0.717, 1.165) is 48.9 Å². The minimum atomic E-state index is 0.205. The van der Waals surface area contributed by atoms with Crippen molar-refractivity contribution in [2.45, 2.75) is 18.9 Å². The summed E-state index contributed by atoms with van der Waals surface area (Å²) < 4.78 is 1.83. The Morgan fingerprint density at radius 1 is 0.969 bits per heavy atom. The predicted molar refractivity (Wildman–Crippen MR) is 119 cm³/mol. The zero-order valence-electron chi connectivity index (χ0n) is 17.2. The van der Waals surface area contributed by atoms with Crippen LogP contribution in [-0.2, 0) is 0 Å². The summed E-state index contributed by atoms with van der Waals surface area (Å²) in [6.45, 7) is 1.72. The van der Waals surface area contributed by atoms with Crippen LogP contribution in [0.1, 0.15) is 24.0 Å². The van der Waals surface area contributed by atoms with E-state index in [2.05, 4.69) is 37.3 Å². The minimum absolute atomic E-state index is 0.205. The second-order valence-electron chi connectivity index (χ2n) is 7.61. The zero-order chi connectivity index (χ0) is 21.9. The molecule has 4 aromatic rings. The number of anilines is 2. The Bertz CT molecular complexity index is 1340. The maximum atomic E-state index is 9.20. The zero-order valence-corrected chi connectivity index (χ0v) is 17.2. The van der Waals surface area contributed by atoms with E-state index in [4.69, 9.17) is 10.2 Å². The summed E-state index contributed by atoms with van der Waals surface area (Å²) in [6, 6.07) is 13.5. The van der Waals surface area contributed by atoms with Crippen LogP contribution in [0.4, 0.5) is 11.6 Å². The van der Waals surface area contributed by atoms with Gasteiger partial charge in [-0.1, -0.05) is 0 Å². The van der Waals surface area contributed by atoms with Gasteiger partial charge in [0.25, 0.3) is 0 Å². The van der Waals surface area contributed by atoms with Gasteiger partial charge in [0.1, 0.15) is 35.1 Å². The molecule has 4 aromatic heterocycles. The van der Waals surface area contributed by atoms with Gasteiger partial charge in [-0.25, -0.2) is 19.9 Å². The number of hydrogen-bond acceptors (Lipinski definition) is 8. The molecule has 0 amide bonds. The highest BCUT2D eigenvalue weighted by Crippen LogP contribution is 2.22. The van der Waals surface area contributed by atoms with Gasteiger partial charge in [0, 0.05) is 37.7 Å². The molecule has 0 spiro atoms. The summed E-state index contributed by atoms with van der Waals surface area (Å²) in [4.78, 5) is 20.2. The van der Waals surface area contributed by atoms with E-state index in [1.165, 1.54) is 0 Å². The summed E-state index contributed by atoms with van der Waals surface area (Å²) >= 11 is 0.